The van der Waals surface area contributed by atoms with E-state index in [-0.39, 0.29) is 0 Å². The molecule has 1 N–H and O–H groups in total. The maximum Gasteiger partial charge on any atom is 0.133 e. The second-order valence-electron chi connectivity index (χ2n) is 4.53. The van der Waals surface area contributed by atoms with Crippen molar-refractivity contribution in [2.45, 2.75) is 19.0 Å². The summed E-state index contributed by atoms with van der Waals surface area (Å²) in [6.07, 6.45) is 1.24. The van der Waals surface area contributed by atoms with Gasteiger partial charge in [0.2, 0.25) is 0 Å². The first kappa shape index (κ1) is 12.9. The Morgan fingerprint density at radius 1 is 1.53 bits per heavy atom. The van der Waals surface area contributed by atoms with Crippen LogP contribution in [-0.2, 0) is 6.54 Å². The predicted molar refractivity (Wildman–Crippen MR) is 73.4 cm³/mol. The van der Waals surface area contributed by atoms with Crippen LogP contribution in [0.5, 0.6) is 5.75 Å². The molecule has 1 saturated heterocycles. The molecule has 94 valence electrons. The lowest BCUT2D eigenvalue weighted by molar-refractivity contribution is 0.249. The Kier molecular flexibility index (Phi) is 4.42. The van der Waals surface area contributed by atoms with E-state index in [0.717, 1.165) is 29.9 Å². The van der Waals surface area contributed by atoms with Crippen LogP contribution >= 0.6 is 15.9 Å². The van der Waals surface area contributed by atoms with Gasteiger partial charge in [0, 0.05) is 19.1 Å². The number of hydrogen-bond donors (Lipinski definition) is 1. The second kappa shape index (κ2) is 5.85. The summed E-state index contributed by atoms with van der Waals surface area (Å²) in [5.41, 5.74) is 1.31. The molecule has 0 bridgehead atoms. The first-order valence-electron chi connectivity index (χ1n) is 5.94. The number of benzene rings is 1. The van der Waals surface area contributed by atoms with Crippen LogP contribution in [0.4, 0.5) is 0 Å². The molecule has 3 nitrogen and oxygen atoms in total. The number of rotatable bonds is 4. The summed E-state index contributed by atoms with van der Waals surface area (Å²) < 4.78 is 6.26. The van der Waals surface area contributed by atoms with Crippen LogP contribution in [-0.4, -0.2) is 38.2 Å². The average Bonchev–Trinajstić information content (AvgIpc) is 2.82. The third-order valence-corrected chi connectivity index (χ3v) is 3.93. The van der Waals surface area contributed by atoms with Gasteiger partial charge in [-0.1, -0.05) is 6.07 Å². The third kappa shape index (κ3) is 3.21. The van der Waals surface area contributed by atoms with Crippen molar-refractivity contribution < 1.29 is 4.74 Å². The minimum Gasteiger partial charge on any atom is -0.496 e. The van der Waals surface area contributed by atoms with Crippen LogP contribution in [0.15, 0.2) is 22.7 Å². The van der Waals surface area contributed by atoms with Gasteiger partial charge in [0.15, 0.2) is 0 Å². The van der Waals surface area contributed by atoms with E-state index in [1.165, 1.54) is 12.0 Å². The van der Waals surface area contributed by atoms with Crippen molar-refractivity contribution in [2.24, 2.45) is 0 Å². The van der Waals surface area contributed by atoms with Crippen LogP contribution in [0, 0.1) is 0 Å². The summed E-state index contributed by atoms with van der Waals surface area (Å²) >= 11 is 3.52. The maximum absolute atomic E-state index is 5.23. The molecule has 1 aliphatic rings. The van der Waals surface area contributed by atoms with Crippen LogP contribution in [0.25, 0.3) is 0 Å². The van der Waals surface area contributed by atoms with Crippen molar-refractivity contribution in [3.63, 3.8) is 0 Å². The van der Waals surface area contributed by atoms with Gasteiger partial charge in [0.05, 0.1) is 11.6 Å². The van der Waals surface area contributed by atoms with Gasteiger partial charge in [-0.3, -0.25) is 4.90 Å². The Bertz CT molecular complexity index is 378. The van der Waals surface area contributed by atoms with E-state index in [9.17, 15) is 0 Å². The van der Waals surface area contributed by atoms with Gasteiger partial charge in [-0.15, -0.1) is 0 Å². The van der Waals surface area contributed by atoms with Gasteiger partial charge in [-0.2, -0.15) is 0 Å². The number of nitrogens with zero attached hydrogens (tertiary/aromatic N) is 1. The molecule has 2 rings (SSSR count). The molecule has 1 fully saturated rings. The summed E-state index contributed by atoms with van der Waals surface area (Å²) in [5.74, 6) is 0.888. The van der Waals surface area contributed by atoms with Crippen molar-refractivity contribution in [2.75, 3.05) is 27.2 Å². The van der Waals surface area contributed by atoms with E-state index >= 15 is 0 Å². The Morgan fingerprint density at radius 2 is 2.35 bits per heavy atom. The highest BCUT2D eigenvalue weighted by atomic mass is 79.9. The molecule has 0 amide bonds. The molecule has 1 aromatic carbocycles. The molecule has 1 atom stereocenters. The monoisotopic (exact) mass is 298 g/mol. The molecule has 0 saturated carbocycles. The van der Waals surface area contributed by atoms with E-state index in [1.54, 1.807) is 7.11 Å². The van der Waals surface area contributed by atoms with Gasteiger partial charge in [-0.05, 0) is 53.6 Å². The Balaban J connectivity index is 2.00. The van der Waals surface area contributed by atoms with E-state index in [4.69, 9.17) is 4.74 Å². The molecule has 4 heteroatoms. The summed E-state index contributed by atoms with van der Waals surface area (Å²) in [6.45, 7) is 3.23. The van der Waals surface area contributed by atoms with E-state index in [0.29, 0.717) is 6.04 Å². The first-order chi connectivity index (χ1) is 8.20. The maximum atomic E-state index is 5.23. The molecule has 1 aromatic rings. The van der Waals surface area contributed by atoms with Crippen molar-refractivity contribution in [1.82, 2.24) is 10.2 Å². The second-order valence-corrected chi connectivity index (χ2v) is 5.38. The molecule has 0 spiro atoms. The minimum absolute atomic E-state index is 0.663. The number of nitrogens with one attached hydrogen (secondary N) is 1. The van der Waals surface area contributed by atoms with Crippen molar-refractivity contribution >= 4 is 15.9 Å². The fraction of sp³-hybridized carbons (Fsp3) is 0.538. The summed E-state index contributed by atoms with van der Waals surface area (Å²) in [4.78, 5) is 2.41. The zero-order valence-electron chi connectivity index (χ0n) is 10.4. The Hall–Kier alpha value is -0.580. The van der Waals surface area contributed by atoms with Crippen LogP contribution in [0.2, 0.25) is 0 Å². The minimum atomic E-state index is 0.663. The molecule has 1 heterocycles. The smallest absolute Gasteiger partial charge is 0.133 e. The standard InChI is InChI=1S/C13H19BrN2O/c1-16(11-5-6-15-8-11)9-10-3-4-13(17-2)12(14)7-10/h3-4,7,11,15H,5-6,8-9H2,1-2H3. The largest absolute Gasteiger partial charge is 0.496 e. The fourth-order valence-corrected chi connectivity index (χ4v) is 2.83. The van der Waals surface area contributed by atoms with Gasteiger partial charge in [-0.25, -0.2) is 0 Å². The fourth-order valence-electron chi connectivity index (χ4n) is 2.24. The quantitative estimate of drug-likeness (QED) is 0.923. The molecule has 0 aliphatic carbocycles. The molecular weight excluding hydrogens is 280 g/mol. The topological polar surface area (TPSA) is 24.5 Å². The van der Waals surface area contributed by atoms with Gasteiger partial charge < -0.3 is 10.1 Å². The molecular formula is C13H19BrN2O. The highest BCUT2D eigenvalue weighted by molar-refractivity contribution is 9.10. The summed E-state index contributed by atoms with van der Waals surface area (Å²) in [5, 5.41) is 3.40. The highest BCUT2D eigenvalue weighted by Gasteiger charge is 2.19. The average molecular weight is 299 g/mol. The predicted octanol–water partition coefficient (Wildman–Crippen LogP) is 2.25. The Labute approximate surface area is 111 Å². The number of halogens is 1. The molecule has 0 aromatic heterocycles. The molecule has 17 heavy (non-hydrogen) atoms. The van der Waals surface area contributed by atoms with Crippen molar-refractivity contribution in [1.29, 1.82) is 0 Å². The normalized spacial score (nSPS) is 19.9. The zero-order chi connectivity index (χ0) is 12.3. The van der Waals surface area contributed by atoms with Crippen LogP contribution < -0.4 is 10.1 Å². The van der Waals surface area contributed by atoms with E-state index in [1.807, 2.05) is 6.07 Å². The number of likely N-dealkylation sites (N-methyl/N-ethyl adjacent to an activating group) is 1. The van der Waals surface area contributed by atoms with E-state index in [2.05, 4.69) is 45.3 Å². The SMILES string of the molecule is COc1ccc(CN(C)C2CCNC2)cc1Br. The number of methoxy groups -OCH3 is 1. The van der Waals surface area contributed by atoms with Gasteiger partial charge in [0.25, 0.3) is 0 Å². The lowest BCUT2D eigenvalue weighted by atomic mass is 10.1. The van der Waals surface area contributed by atoms with Gasteiger partial charge in [0.1, 0.15) is 5.75 Å². The zero-order valence-corrected chi connectivity index (χ0v) is 12.0. The number of hydrogen-bond acceptors (Lipinski definition) is 3. The number of ether oxygens (including phenoxy) is 1. The van der Waals surface area contributed by atoms with Crippen molar-refractivity contribution in [3.8, 4) is 5.75 Å². The highest BCUT2D eigenvalue weighted by Crippen LogP contribution is 2.26. The van der Waals surface area contributed by atoms with Crippen LogP contribution in [0.1, 0.15) is 12.0 Å². The van der Waals surface area contributed by atoms with Crippen molar-refractivity contribution in [3.05, 3.63) is 28.2 Å². The first-order valence-corrected chi connectivity index (χ1v) is 6.73. The van der Waals surface area contributed by atoms with Crippen LogP contribution in [0.3, 0.4) is 0 Å². The Morgan fingerprint density at radius 3 is 2.94 bits per heavy atom. The molecule has 0 radical (unpaired) electrons. The van der Waals surface area contributed by atoms with E-state index < -0.39 is 0 Å². The summed E-state index contributed by atoms with van der Waals surface area (Å²) in [6, 6.07) is 6.94. The molecule has 1 aliphatic heterocycles. The third-order valence-electron chi connectivity index (χ3n) is 3.31. The molecule has 1 unspecified atom stereocenters. The van der Waals surface area contributed by atoms with Gasteiger partial charge >= 0.3 is 0 Å². The lowest BCUT2D eigenvalue weighted by Crippen LogP contribution is -2.32. The summed E-state index contributed by atoms with van der Waals surface area (Å²) in [7, 11) is 3.88. The lowest BCUT2D eigenvalue weighted by Gasteiger charge is -2.23.